The predicted molar refractivity (Wildman–Crippen MR) is 83.5 cm³/mol. The van der Waals surface area contributed by atoms with E-state index in [1.165, 1.54) is 0 Å². The lowest BCUT2D eigenvalue weighted by atomic mass is 10.3. The number of rotatable bonds is 3. The van der Waals surface area contributed by atoms with Gasteiger partial charge in [0.2, 0.25) is 0 Å². The topological polar surface area (TPSA) is 66.3 Å². The number of urea groups is 1. The summed E-state index contributed by atoms with van der Waals surface area (Å²) in [6, 6.07) is 7.76. The maximum Gasteiger partial charge on any atom is 0.317 e. The van der Waals surface area contributed by atoms with Crippen molar-refractivity contribution in [2.45, 2.75) is 6.54 Å². The van der Waals surface area contributed by atoms with E-state index in [2.05, 4.69) is 20.3 Å². The molecule has 2 aromatic rings. The number of aryl methyl sites for hydroxylation is 1. The Balaban J connectivity index is 1.49. The zero-order valence-corrected chi connectivity index (χ0v) is 12.6. The Morgan fingerprint density at radius 3 is 2.64 bits per heavy atom. The number of pyridine rings is 1. The van der Waals surface area contributed by atoms with Crippen molar-refractivity contribution in [1.82, 2.24) is 25.0 Å². The molecule has 2 aromatic heterocycles. The molecular formula is C15H20N6O. The van der Waals surface area contributed by atoms with Gasteiger partial charge in [-0.25, -0.2) is 9.78 Å². The van der Waals surface area contributed by atoms with Crippen molar-refractivity contribution in [1.29, 1.82) is 0 Å². The Morgan fingerprint density at radius 2 is 2.00 bits per heavy atom. The van der Waals surface area contributed by atoms with Gasteiger partial charge in [0.15, 0.2) is 0 Å². The molecule has 3 heterocycles. The number of carbonyl (C=O) groups excluding carboxylic acids is 1. The quantitative estimate of drug-likeness (QED) is 0.912. The van der Waals surface area contributed by atoms with Gasteiger partial charge in [0.1, 0.15) is 5.82 Å². The number of aromatic nitrogens is 3. The highest BCUT2D eigenvalue weighted by molar-refractivity contribution is 5.74. The standard InChI is InChI=1S/C15H20N6O/c1-19-13(5-7-18-19)12-17-15(22)21-10-8-20(9-11-21)14-4-2-3-6-16-14/h2-7H,8-12H2,1H3,(H,17,22). The molecule has 0 bridgehead atoms. The number of amides is 2. The molecule has 7 heteroatoms. The molecule has 3 rings (SSSR count). The van der Waals surface area contributed by atoms with Crippen molar-refractivity contribution in [3.63, 3.8) is 0 Å². The van der Waals surface area contributed by atoms with Crippen molar-refractivity contribution in [3.05, 3.63) is 42.4 Å². The van der Waals surface area contributed by atoms with Crippen molar-refractivity contribution >= 4 is 11.8 Å². The number of hydrogen-bond acceptors (Lipinski definition) is 4. The van der Waals surface area contributed by atoms with Crippen LogP contribution in [0.25, 0.3) is 0 Å². The number of hydrogen-bond donors (Lipinski definition) is 1. The Kier molecular flexibility index (Phi) is 4.22. The molecule has 0 aromatic carbocycles. The zero-order chi connectivity index (χ0) is 15.4. The summed E-state index contributed by atoms with van der Waals surface area (Å²) in [6.07, 6.45) is 3.52. The third kappa shape index (κ3) is 3.19. The maximum atomic E-state index is 12.2. The van der Waals surface area contributed by atoms with Crippen LogP contribution in [0.15, 0.2) is 36.7 Å². The smallest absolute Gasteiger partial charge is 0.317 e. The van der Waals surface area contributed by atoms with Gasteiger partial charge in [0.05, 0.1) is 12.2 Å². The second-order valence-electron chi connectivity index (χ2n) is 5.27. The van der Waals surface area contributed by atoms with Crippen LogP contribution >= 0.6 is 0 Å². The Bertz CT molecular complexity index is 618. The van der Waals surface area contributed by atoms with Crippen LogP contribution in [0.2, 0.25) is 0 Å². The van der Waals surface area contributed by atoms with Crippen molar-refractivity contribution in [2.75, 3.05) is 31.1 Å². The molecule has 0 radical (unpaired) electrons. The number of anilines is 1. The lowest BCUT2D eigenvalue weighted by Gasteiger charge is -2.35. The first-order chi connectivity index (χ1) is 10.7. The molecule has 1 aliphatic heterocycles. The van der Waals surface area contributed by atoms with Gasteiger partial charge >= 0.3 is 6.03 Å². The highest BCUT2D eigenvalue weighted by atomic mass is 16.2. The lowest BCUT2D eigenvalue weighted by Crippen LogP contribution is -2.52. The second kappa shape index (κ2) is 6.46. The minimum atomic E-state index is -0.0260. The van der Waals surface area contributed by atoms with E-state index in [4.69, 9.17) is 0 Å². The number of piperazine rings is 1. The fraction of sp³-hybridized carbons (Fsp3) is 0.400. The highest BCUT2D eigenvalue weighted by Gasteiger charge is 2.21. The first-order valence-corrected chi connectivity index (χ1v) is 7.39. The summed E-state index contributed by atoms with van der Waals surface area (Å²) in [5.74, 6) is 0.970. The van der Waals surface area contributed by atoms with Gasteiger partial charge in [-0.05, 0) is 18.2 Å². The molecule has 2 amide bonds. The molecule has 22 heavy (non-hydrogen) atoms. The van der Waals surface area contributed by atoms with Crippen LogP contribution in [0.1, 0.15) is 5.69 Å². The fourth-order valence-electron chi connectivity index (χ4n) is 2.53. The summed E-state index contributed by atoms with van der Waals surface area (Å²) < 4.78 is 1.76. The molecule has 0 unspecified atom stereocenters. The molecule has 7 nitrogen and oxygen atoms in total. The van der Waals surface area contributed by atoms with Crippen LogP contribution in [0, 0.1) is 0 Å². The highest BCUT2D eigenvalue weighted by Crippen LogP contribution is 2.12. The molecule has 1 saturated heterocycles. The first-order valence-electron chi connectivity index (χ1n) is 7.39. The minimum absolute atomic E-state index is 0.0260. The maximum absolute atomic E-state index is 12.2. The van der Waals surface area contributed by atoms with E-state index >= 15 is 0 Å². The van der Waals surface area contributed by atoms with Gasteiger partial charge in [0.25, 0.3) is 0 Å². The lowest BCUT2D eigenvalue weighted by molar-refractivity contribution is 0.193. The zero-order valence-electron chi connectivity index (χ0n) is 12.6. The van der Waals surface area contributed by atoms with Crippen molar-refractivity contribution in [3.8, 4) is 0 Å². The third-order valence-electron chi connectivity index (χ3n) is 3.88. The summed E-state index contributed by atoms with van der Waals surface area (Å²) >= 11 is 0. The molecule has 116 valence electrons. The van der Waals surface area contributed by atoms with Crippen molar-refractivity contribution < 1.29 is 4.79 Å². The van der Waals surface area contributed by atoms with Crippen molar-refractivity contribution in [2.24, 2.45) is 7.05 Å². The van der Waals surface area contributed by atoms with Crippen LogP contribution in [-0.4, -0.2) is 51.9 Å². The SMILES string of the molecule is Cn1nccc1CNC(=O)N1CCN(c2ccccn2)CC1. The van der Waals surface area contributed by atoms with Gasteiger partial charge in [-0.15, -0.1) is 0 Å². The second-order valence-corrected chi connectivity index (χ2v) is 5.27. The van der Waals surface area contributed by atoms with Gasteiger partial charge < -0.3 is 15.1 Å². The molecule has 0 saturated carbocycles. The summed E-state index contributed by atoms with van der Waals surface area (Å²) in [7, 11) is 1.87. The van der Waals surface area contributed by atoms with E-state index in [0.29, 0.717) is 19.6 Å². The molecular weight excluding hydrogens is 280 g/mol. The normalized spacial score (nSPS) is 15.0. The predicted octanol–water partition coefficient (Wildman–Crippen LogP) is 0.847. The number of nitrogens with zero attached hydrogens (tertiary/aromatic N) is 5. The summed E-state index contributed by atoms with van der Waals surface area (Å²) in [5.41, 5.74) is 0.987. The monoisotopic (exact) mass is 300 g/mol. The van der Waals surface area contributed by atoms with Gasteiger partial charge in [-0.2, -0.15) is 5.10 Å². The first kappa shape index (κ1) is 14.4. The molecule has 0 atom stereocenters. The summed E-state index contributed by atoms with van der Waals surface area (Å²) in [6.45, 7) is 3.50. The van der Waals surface area contributed by atoms with E-state index in [1.807, 2.05) is 36.2 Å². The molecule has 0 spiro atoms. The van der Waals surface area contributed by atoms with Gasteiger partial charge in [0, 0.05) is 45.6 Å². The molecule has 1 aliphatic rings. The number of nitrogens with one attached hydrogen (secondary N) is 1. The van der Waals surface area contributed by atoms with E-state index in [-0.39, 0.29) is 6.03 Å². The largest absolute Gasteiger partial charge is 0.353 e. The molecule has 0 aliphatic carbocycles. The Labute approximate surface area is 129 Å². The van der Waals surface area contributed by atoms with E-state index in [0.717, 1.165) is 24.6 Å². The molecule has 1 fully saturated rings. The van der Waals surface area contributed by atoms with Crippen LogP contribution in [0.4, 0.5) is 10.6 Å². The van der Waals surface area contributed by atoms with Crippen LogP contribution < -0.4 is 10.2 Å². The van der Waals surface area contributed by atoms with E-state index in [9.17, 15) is 4.79 Å². The Hall–Kier alpha value is -2.57. The number of carbonyl (C=O) groups is 1. The van der Waals surface area contributed by atoms with Crippen LogP contribution in [-0.2, 0) is 13.6 Å². The minimum Gasteiger partial charge on any atom is -0.353 e. The average molecular weight is 300 g/mol. The molecule has 1 N–H and O–H groups in total. The third-order valence-corrected chi connectivity index (χ3v) is 3.88. The summed E-state index contributed by atoms with van der Waals surface area (Å²) in [5, 5.41) is 7.03. The van der Waals surface area contributed by atoms with Gasteiger partial charge in [-0.1, -0.05) is 6.07 Å². The van der Waals surface area contributed by atoms with Crippen LogP contribution in [0.5, 0.6) is 0 Å². The van der Waals surface area contributed by atoms with Crippen LogP contribution in [0.3, 0.4) is 0 Å². The fourth-order valence-corrected chi connectivity index (χ4v) is 2.53. The van der Waals surface area contributed by atoms with E-state index < -0.39 is 0 Å². The summed E-state index contributed by atoms with van der Waals surface area (Å²) in [4.78, 5) is 20.6. The average Bonchev–Trinajstić information content (AvgIpc) is 2.99. The van der Waals surface area contributed by atoms with E-state index in [1.54, 1.807) is 17.1 Å². The van der Waals surface area contributed by atoms with Gasteiger partial charge in [-0.3, -0.25) is 4.68 Å². The Morgan fingerprint density at radius 1 is 1.18 bits per heavy atom.